The summed E-state index contributed by atoms with van der Waals surface area (Å²) < 4.78 is 5.69. The van der Waals surface area contributed by atoms with Crippen molar-refractivity contribution < 1.29 is 4.74 Å². The van der Waals surface area contributed by atoms with Crippen molar-refractivity contribution in [3.8, 4) is 5.75 Å². The van der Waals surface area contributed by atoms with Gasteiger partial charge in [-0.2, -0.15) is 0 Å². The van der Waals surface area contributed by atoms with Crippen LogP contribution in [0, 0.1) is 13.8 Å². The molecule has 2 aromatic rings. The van der Waals surface area contributed by atoms with E-state index in [9.17, 15) is 0 Å². The van der Waals surface area contributed by atoms with Crippen molar-refractivity contribution in [2.75, 3.05) is 6.61 Å². The highest BCUT2D eigenvalue weighted by atomic mass is 35.5. The van der Waals surface area contributed by atoms with Gasteiger partial charge in [0.05, 0.1) is 6.61 Å². The van der Waals surface area contributed by atoms with Crippen molar-refractivity contribution in [2.24, 2.45) is 0 Å². The first-order valence-corrected chi connectivity index (χ1v) is 6.69. The number of benzene rings is 1. The zero-order chi connectivity index (χ0) is 13.8. The summed E-state index contributed by atoms with van der Waals surface area (Å²) in [6, 6.07) is 7.28. The quantitative estimate of drug-likeness (QED) is 0.799. The van der Waals surface area contributed by atoms with E-state index in [0.717, 1.165) is 17.0 Å². The van der Waals surface area contributed by atoms with Gasteiger partial charge in [-0.05, 0) is 43.7 Å². The molecule has 0 atom stereocenters. The average Bonchev–Trinajstić information content (AvgIpc) is 2.30. The number of hydrogen-bond acceptors (Lipinski definition) is 3. The van der Waals surface area contributed by atoms with Crippen molar-refractivity contribution in [3.63, 3.8) is 0 Å². The molecule has 1 heterocycles. The molecule has 1 aromatic heterocycles. The summed E-state index contributed by atoms with van der Waals surface area (Å²) in [4.78, 5) is 8.46. The first kappa shape index (κ1) is 14.1. The van der Waals surface area contributed by atoms with Crippen LogP contribution in [0.3, 0.4) is 0 Å². The van der Waals surface area contributed by atoms with Crippen molar-refractivity contribution >= 4 is 23.2 Å². The second-order valence-corrected chi connectivity index (χ2v) is 5.08. The molecular weight excluding hydrogens is 283 g/mol. The van der Waals surface area contributed by atoms with Crippen LogP contribution in [0.2, 0.25) is 10.2 Å². The maximum Gasteiger partial charge on any atom is 0.133 e. The van der Waals surface area contributed by atoms with Gasteiger partial charge in [0.15, 0.2) is 0 Å². The lowest BCUT2D eigenvalue weighted by Gasteiger charge is -2.09. The lowest BCUT2D eigenvalue weighted by Crippen LogP contribution is -2.06. The third kappa shape index (κ3) is 4.08. The van der Waals surface area contributed by atoms with Crippen LogP contribution in [0.1, 0.15) is 17.1 Å². The van der Waals surface area contributed by atoms with Gasteiger partial charge in [0.25, 0.3) is 0 Å². The third-order valence-corrected chi connectivity index (χ3v) is 3.02. The predicted molar refractivity (Wildman–Crippen MR) is 77.2 cm³/mol. The van der Waals surface area contributed by atoms with Gasteiger partial charge in [-0.1, -0.05) is 23.2 Å². The molecule has 0 bridgehead atoms. The molecule has 5 heteroatoms. The summed E-state index contributed by atoms with van der Waals surface area (Å²) >= 11 is 11.8. The first-order chi connectivity index (χ1) is 9.04. The third-order valence-electron chi connectivity index (χ3n) is 2.59. The van der Waals surface area contributed by atoms with Crippen LogP contribution in [0.4, 0.5) is 0 Å². The normalized spacial score (nSPS) is 10.5. The second kappa shape index (κ2) is 6.22. The smallest absolute Gasteiger partial charge is 0.133 e. The highest BCUT2D eigenvalue weighted by Gasteiger charge is 2.03. The van der Waals surface area contributed by atoms with E-state index in [1.165, 1.54) is 0 Å². The maximum atomic E-state index is 5.89. The zero-order valence-electron chi connectivity index (χ0n) is 10.8. The van der Waals surface area contributed by atoms with Gasteiger partial charge in [-0.3, -0.25) is 0 Å². The van der Waals surface area contributed by atoms with Gasteiger partial charge in [0.2, 0.25) is 0 Å². The van der Waals surface area contributed by atoms with E-state index in [2.05, 4.69) is 9.97 Å². The predicted octanol–water partition coefficient (Wildman–Crippen LogP) is 4.02. The Labute approximate surface area is 122 Å². The van der Waals surface area contributed by atoms with E-state index in [0.29, 0.717) is 29.0 Å². The van der Waals surface area contributed by atoms with E-state index >= 15 is 0 Å². The molecule has 0 aliphatic rings. The Morgan fingerprint density at radius 3 is 2.58 bits per heavy atom. The van der Waals surface area contributed by atoms with Crippen LogP contribution >= 0.6 is 23.2 Å². The number of rotatable bonds is 4. The molecular formula is C14H14Cl2N2O. The Balaban J connectivity index is 1.96. The standard InChI is InChI=1S/C14H14Cl2N2O/c1-9-7-11(15)3-4-12(9)19-6-5-14-17-10(2)8-13(16)18-14/h3-4,7-8H,5-6H2,1-2H3. The topological polar surface area (TPSA) is 35.0 Å². The Bertz CT molecular complexity index is 567. The molecule has 0 aliphatic heterocycles. The molecule has 0 radical (unpaired) electrons. The van der Waals surface area contributed by atoms with Gasteiger partial charge < -0.3 is 4.74 Å². The van der Waals surface area contributed by atoms with Crippen molar-refractivity contribution in [2.45, 2.75) is 20.3 Å². The fourth-order valence-electron chi connectivity index (χ4n) is 1.73. The summed E-state index contributed by atoms with van der Waals surface area (Å²) in [7, 11) is 0. The molecule has 0 saturated carbocycles. The molecule has 0 aliphatic carbocycles. The number of ether oxygens (including phenoxy) is 1. The Kier molecular flexibility index (Phi) is 4.61. The van der Waals surface area contributed by atoms with Gasteiger partial charge in [-0.25, -0.2) is 9.97 Å². The lowest BCUT2D eigenvalue weighted by molar-refractivity contribution is 0.316. The Morgan fingerprint density at radius 2 is 1.89 bits per heavy atom. The number of halogens is 2. The zero-order valence-corrected chi connectivity index (χ0v) is 12.3. The summed E-state index contributed by atoms with van der Waals surface area (Å²) in [5.41, 5.74) is 1.87. The average molecular weight is 297 g/mol. The largest absolute Gasteiger partial charge is 0.493 e. The van der Waals surface area contributed by atoms with Gasteiger partial charge >= 0.3 is 0 Å². The summed E-state index contributed by atoms with van der Waals surface area (Å²) in [6.07, 6.45) is 0.615. The van der Waals surface area contributed by atoms with E-state index < -0.39 is 0 Å². The molecule has 0 amide bonds. The summed E-state index contributed by atoms with van der Waals surface area (Å²) in [5, 5.41) is 1.17. The molecule has 0 saturated heterocycles. The molecule has 19 heavy (non-hydrogen) atoms. The van der Waals surface area contributed by atoms with Crippen LogP contribution in [0.5, 0.6) is 5.75 Å². The fraction of sp³-hybridized carbons (Fsp3) is 0.286. The SMILES string of the molecule is Cc1cc(Cl)nc(CCOc2ccc(Cl)cc2C)n1. The molecule has 0 fully saturated rings. The molecule has 0 N–H and O–H groups in total. The van der Waals surface area contributed by atoms with Crippen molar-refractivity contribution in [1.29, 1.82) is 0 Å². The molecule has 0 spiro atoms. The molecule has 3 nitrogen and oxygen atoms in total. The Hall–Kier alpha value is -1.32. The lowest BCUT2D eigenvalue weighted by atomic mass is 10.2. The van der Waals surface area contributed by atoms with Crippen molar-refractivity contribution in [3.05, 3.63) is 51.5 Å². The molecule has 100 valence electrons. The van der Waals surface area contributed by atoms with E-state index in [1.807, 2.05) is 32.0 Å². The van der Waals surface area contributed by atoms with Gasteiger partial charge in [0.1, 0.15) is 16.7 Å². The van der Waals surface area contributed by atoms with Crippen molar-refractivity contribution in [1.82, 2.24) is 9.97 Å². The highest BCUT2D eigenvalue weighted by molar-refractivity contribution is 6.30. The van der Waals surface area contributed by atoms with E-state index in [4.69, 9.17) is 27.9 Å². The van der Waals surface area contributed by atoms with Crippen LogP contribution in [-0.2, 0) is 6.42 Å². The maximum absolute atomic E-state index is 5.89. The van der Waals surface area contributed by atoms with Gasteiger partial charge in [0, 0.05) is 17.1 Å². The minimum atomic E-state index is 0.463. The second-order valence-electron chi connectivity index (χ2n) is 4.26. The Morgan fingerprint density at radius 1 is 1.11 bits per heavy atom. The number of hydrogen-bond donors (Lipinski definition) is 0. The summed E-state index contributed by atoms with van der Waals surface area (Å²) in [6.45, 7) is 4.35. The van der Waals surface area contributed by atoms with Crippen LogP contribution in [0.15, 0.2) is 24.3 Å². The monoisotopic (exact) mass is 296 g/mol. The van der Waals surface area contributed by atoms with E-state index in [1.54, 1.807) is 6.07 Å². The fourth-order valence-corrected chi connectivity index (χ4v) is 2.21. The van der Waals surface area contributed by atoms with Crippen LogP contribution < -0.4 is 4.74 Å². The molecule has 1 aromatic carbocycles. The summed E-state index contributed by atoms with van der Waals surface area (Å²) in [5.74, 6) is 1.51. The van der Waals surface area contributed by atoms with Crippen LogP contribution in [0.25, 0.3) is 0 Å². The van der Waals surface area contributed by atoms with E-state index in [-0.39, 0.29) is 0 Å². The minimum Gasteiger partial charge on any atom is -0.493 e. The van der Waals surface area contributed by atoms with Gasteiger partial charge in [-0.15, -0.1) is 0 Å². The minimum absolute atomic E-state index is 0.463. The van der Waals surface area contributed by atoms with Crippen LogP contribution in [-0.4, -0.2) is 16.6 Å². The number of aryl methyl sites for hydroxylation is 2. The molecule has 2 rings (SSSR count). The highest BCUT2D eigenvalue weighted by Crippen LogP contribution is 2.21. The number of aromatic nitrogens is 2. The number of nitrogens with zero attached hydrogens (tertiary/aromatic N) is 2. The first-order valence-electron chi connectivity index (χ1n) is 5.93. The molecule has 0 unspecified atom stereocenters.